The predicted molar refractivity (Wildman–Crippen MR) is 158 cm³/mol. The van der Waals surface area contributed by atoms with Gasteiger partial charge in [0.25, 0.3) is 0 Å². The number of fused-ring (bicyclic) bond motifs is 6. The van der Waals surface area contributed by atoms with Gasteiger partial charge >= 0.3 is 0 Å². The summed E-state index contributed by atoms with van der Waals surface area (Å²) in [5.74, 6) is 3.72. The molecule has 7 nitrogen and oxygen atoms in total. The first-order valence-corrected chi connectivity index (χ1v) is 13.8. The lowest BCUT2D eigenvalue weighted by atomic mass is 9.81. The Morgan fingerprint density at radius 2 is 1.78 bits per heavy atom. The summed E-state index contributed by atoms with van der Waals surface area (Å²) in [6.07, 6.45) is 1.66. The van der Waals surface area contributed by atoms with Gasteiger partial charge in [-0.2, -0.15) is 0 Å². The van der Waals surface area contributed by atoms with Crippen molar-refractivity contribution < 1.29 is 14.2 Å². The smallest absolute Gasteiger partial charge is 0.228 e. The molecule has 0 unspecified atom stereocenters. The van der Waals surface area contributed by atoms with Crippen LogP contribution in [0.3, 0.4) is 0 Å². The highest BCUT2D eigenvalue weighted by molar-refractivity contribution is 5.90. The second-order valence-corrected chi connectivity index (χ2v) is 10.8. The zero-order valence-corrected chi connectivity index (χ0v) is 23.5. The molecule has 204 valence electrons. The van der Waals surface area contributed by atoms with Gasteiger partial charge in [-0.3, -0.25) is 0 Å². The third-order valence-electron chi connectivity index (χ3n) is 7.74. The molecule has 0 fully saturated rings. The Balaban J connectivity index is 1.36. The van der Waals surface area contributed by atoms with Gasteiger partial charge in [-0.15, -0.1) is 5.10 Å². The molecule has 1 aliphatic heterocycles. The highest BCUT2D eigenvalue weighted by atomic mass is 16.5. The van der Waals surface area contributed by atoms with E-state index in [1.54, 1.807) is 18.0 Å². The average molecular weight is 543 g/mol. The minimum atomic E-state index is -0.177. The molecule has 0 radical (unpaired) electrons. The van der Waals surface area contributed by atoms with Gasteiger partial charge in [-0.1, -0.05) is 68.4 Å². The molecule has 0 N–H and O–H groups in total. The monoisotopic (exact) mass is 542 g/mol. The van der Waals surface area contributed by atoms with Gasteiger partial charge in [0.15, 0.2) is 11.5 Å². The molecule has 1 aliphatic rings. The van der Waals surface area contributed by atoms with E-state index >= 15 is 0 Å². The van der Waals surface area contributed by atoms with E-state index in [0.717, 1.165) is 55.8 Å². The van der Waals surface area contributed by atoms with E-state index in [0.29, 0.717) is 23.3 Å². The quantitative estimate of drug-likeness (QED) is 0.216. The van der Waals surface area contributed by atoms with E-state index in [1.165, 1.54) is 0 Å². The van der Waals surface area contributed by atoms with E-state index < -0.39 is 0 Å². The van der Waals surface area contributed by atoms with Crippen LogP contribution in [-0.2, 0) is 6.61 Å². The van der Waals surface area contributed by atoms with Crippen LogP contribution in [0.15, 0.2) is 85.2 Å². The lowest BCUT2D eigenvalue weighted by Crippen LogP contribution is -2.15. The maximum absolute atomic E-state index is 6.44. The van der Waals surface area contributed by atoms with Crippen molar-refractivity contribution in [1.29, 1.82) is 0 Å². The van der Waals surface area contributed by atoms with Gasteiger partial charge in [0.2, 0.25) is 5.88 Å². The van der Waals surface area contributed by atoms with E-state index in [-0.39, 0.29) is 12.5 Å². The second kappa shape index (κ2) is 9.93. The van der Waals surface area contributed by atoms with Gasteiger partial charge in [0.05, 0.1) is 12.7 Å². The van der Waals surface area contributed by atoms with Crippen molar-refractivity contribution in [3.8, 4) is 23.1 Å². The van der Waals surface area contributed by atoms with Crippen molar-refractivity contribution >= 4 is 16.4 Å². The number of hydrogen-bond acceptors (Lipinski definition) is 6. The van der Waals surface area contributed by atoms with Crippen molar-refractivity contribution in [2.45, 2.75) is 39.2 Å². The van der Waals surface area contributed by atoms with Crippen molar-refractivity contribution in [2.24, 2.45) is 0 Å². The third-order valence-corrected chi connectivity index (χ3v) is 7.74. The SMILES string of the molecule is COc1ccc([C@H]2c3c(ccc4ccccc34)Oc3ncn4nc(COc5cc(C)ccc5C(C)C)nc4c32)cc1. The molecule has 0 spiro atoms. The largest absolute Gasteiger partial charge is 0.497 e. The minimum absolute atomic E-state index is 0.177. The van der Waals surface area contributed by atoms with Crippen molar-refractivity contribution in [3.63, 3.8) is 0 Å². The third kappa shape index (κ3) is 4.34. The Hall–Kier alpha value is -4.91. The Morgan fingerprint density at radius 1 is 0.951 bits per heavy atom. The molecule has 7 heteroatoms. The molecule has 1 atom stereocenters. The molecule has 0 saturated carbocycles. The lowest BCUT2D eigenvalue weighted by molar-refractivity contribution is 0.291. The highest BCUT2D eigenvalue weighted by Gasteiger charge is 2.34. The summed E-state index contributed by atoms with van der Waals surface area (Å²) >= 11 is 0. The number of hydrogen-bond donors (Lipinski definition) is 0. The molecule has 0 amide bonds. The molecule has 0 saturated heterocycles. The van der Waals surface area contributed by atoms with Crippen LogP contribution in [-0.4, -0.2) is 26.7 Å². The van der Waals surface area contributed by atoms with Crippen LogP contribution < -0.4 is 14.2 Å². The standard InChI is InChI=1S/C34H30N4O3/c1-20(2)25-15-9-21(3)17-28(25)40-18-29-36-33-32-30(23-10-13-24(39-4)14-11-23)31-26-8-6-5-7-22(26)12-16-27(31)41-34(32)35-19-38(33)37-29/h5-17,19-20,30H,18H2,1-4H3/t30-/m0/s1. The predicted octanol–water partition coefficient (Wildman–Crippen LogP) is 7.58. The number of nitrogens with zero attached hydrogens (tertiary/aromatic N) is 4. The molecular formula is C34H30N4O3. The highest BCUT2D eigenvalue weighted by Crippen LogP contribution is 2.50. The van der Waals surface area contributed by atoms with E-state index in [2.05, 4.69) is 86.4 Å². The van der Waals surface area contributed by atoms with Gasteiger partial charge < -0.3 is 14.2 Å². The van der Waals surface area contributed by atoms with Crippen LogP contribution in [0.2, 0.25) is 0 Å². The van der Waals surface area contributed by atoms with Crippen LogP contribution in [0.25, 0.3) is 16.4 Å². The summed E-state index contributed by atoms with van der Waals surface area (Å²) in [5.41, 5.74) is 6.05. The maximum atomic E-state index is 6.44. The molecule has 0 aliphatic carbocycles. The molecule has 4 aromatic carbocycles. The summed E-state index contributed by atoms with van der Waals surface area (Å²) in [6.45, 7) is 6.64. The van der Waals surface area contributed by atoms with E-state index in [4.69, 9.17) is 24.3 Å². The van der Waals surface area contributed by atoms with Crippen molar-refractivity contribution in [2.75, 3.05) is 7.11 Å². The Kier molecular flexibility index (Phi) is 6.07. The van der Waals surface area contributed by atoms with E-state index in [1.807, 2.05) is 18.2 Å². The Morgan fingerprint density at radius 3 is 2.59 bits per heavy atom. The van der Waals surface area contributed by atoms with Gasteiger partial charge in [-0.05, 0) is 64.6 Å². The summed E-state index contributed by atoms with van der Waals surface area (Å²) in [7, 11) is 1.68. The Labute approximate surface area is 238 Å². The molecule has 2 aromatic heterocycles. The van der Waals surface area contributed by atoms with Gasteiger partial charge in [0, 0.05) is 11.5 Å². The summed E-state index contributed by atoms with van der Waals surface area (Å²) in [4.78, 5) is 9.67. The lowest BCUT2D eigenvalue weighted by Gasteiger charge is -2.29. The molecule has 41 heavy (non-hydrogen) atoms. The van der Waals surface area contributed by atoms with Crippen LogP contribution >= 0.6 is 0 Å². The normalized spacial score (nSPS) is 14.1. The topological polar surface area (TPSA) is 70.8 Å². The zero-order chi connectivity index (χ0) is 28.1. The molecule has 7 rings (SSSR count). The number of aryl methyl sites for hydroxylation is 1. The second-order valence-electron chi connectivity index (χ2n) is 10.8. The fourth-order valence-electron chi connectivity index (χ4n) is 5.73. The maximum Gasteiger partial charge on any atom is 0.228 e. The molecule has 0 bridgehead atoms. The number of methoxy groups -OCH3 is 1. The van der Waals surface area contributed by atoms with Crippen molar-refractivity contribution in [3.05, 3.63) is 119 Å². The van der Waals surface area contributed by atoms with Crippen LogP contribution in [0.5, 0.6) is 23.1 Å². The number of ether oxygens (including phenoxy) is 3. The van der Waals surface area contributed by atoms with Crippen LogP contribution in [0.4, 0.5) is 0 Å². The van der Waals surface area contributed by atoms with Crippen LogP contribution in [0, 0.1) is 6.92 Å². The summed E-state index contributed by atoms with van der Waals surface area (Å²) < 4.78 is 19.9. The molecule has 6 aromatic rings. The zero-order valence-electron chi connectivity index (χ0n) is 23.5. The van der Waals surface area contributed by atoms with Crippen LogP contribution in [0.1, 0.15) is 59.3 Å². The summed E-state index contributed by atoms with van der Waals surface area (Å²) in [6, 6.07) is 27.0. The molecular weight excluding hydrogens is 512 g/mol. The number of benzene rings is 4. The molecule has 3 heterocycles. The van der Waals surface area contributed by atoms with E-state index in [9.17, 15) is 0 Å². The van der Waals surface area contributed by atoms with Gasteiger partial charge in [-0.25, -0.2) is 14.5 Å². The Bertz CT molecular complexity index is 1910. The first kappa shape index (κ1) is 25.1. The number of rotatable bonds is 6. The first-order valence-electron chi connectivity index (χ1n) is 13.8. The fourth-order valence-corrected chi connectivity index (χ4v) is 5.73. The summed E-state index contributed by atoms with van der Waals surface area (Å²) in [5, 5.41) is 7.02. The van der Waals surface area contributed by atoms with Crippen molar-refractivity contribution in [1.82, 2.24) is 19.6 Å². The minimum Gasteiger partial charge on any atom is -0.497 e. The number of aromatic nitrogens is 4. The fraction of sp³-hybridized carbons (Fsp3) is 0.206. The average Bonchev–Trinajstić information content (AvgIpc) is 3.42. The van der Waals surface area contributed by atoms with Gasteiger partial charge in [0.1, 0.15) is 30.2 Å². The first-order chi connectivity index (χ1) is 20.0.